The van der Waals surface area contributed by atoms with Crippen molar-refractivity contribution in [1.82, 2.24) is 9.62 Å². The summed E-state index contributed by atoms with van der Waals surface area (Å²) in [5, 5.41) is 2.76. The molecule has 186 valence electrons. The topological polar surface area (TPSA) is 92.8 Å². The summed E-state index contributed by atoms with van der Waals surface area (Å²) in [6, 6.07) is 23.7. The summed E-state index contributed by atoms with van der Waals surface area (Å²) in [6.07, 6.45) is 1.52. The second kappa shape index (κ2) is 10.9. The first-order valence-corrected chi connectivity index (χ1v) is 13.0. The number of nitrogens with one attached hydrogen (secondary N) is 1. The summed E-state index contributed by atoms with van der Waals surface area (Å²) in [7, 11) is -2.96. The van der Waals surface area contributed by atoms with Crippen molar-refractivity contribution in [3.05, 3.63) is 115 Å². The van der Waals surface area contributed by atoms with Crippen LogP contribution < -0.4 is 5.32 Å². The van der Waals surface area contributed by atoms with Gasteiger partial charge in [-0.2, -0.15) is 4.31 Å². The van der Waals surface area contributed by atoms with Crippen LogP contribution in [-0.2, 0) is 24.3 Å². The Kier molecular flexibility index (Phi) is 7.67. The quantitative estimate of drug-likeness (QED) is 0.373. The molecule has 1 saturated heterocycles. The zero-order chi connectivity index (χ0) is 25.7. The predicted molar refractivity (Wildman–Crippen MR) is 136 cm³/mol. The largest absolute Gasteiger partial charge is 0.469 e. The SMILES string of the molecule is C=CCNC(=O)C1C(c2ccccc2)C(C(=O)OC)C(c2ccccc2)N1S(=O)(=O)c1ccccc1. The van der Waals surface area contributed by atoms with Gasteiger partial charge in [0.2, 0.25) is 15.9 Å². The minimum Gasteiger partial charge on any atom is -0.469 e. The highest BCUT2D eigenvalue weighted by atomic mass is 32.2. The van der Waals surface area contributed by atoms with Gasteiger partial charge in [-0.1, -0.05) is 84.9 Å². The minimum atomic E-state index is -4.23. The third-order valence-corrected chi connectivity index (χ3v) is 8.30. The summed E-state index contributed by atoms with van der Waals surface area (Å²) >= 11 is 0. The van der Waals surface area contributed by atoms with Crippen LogP contribution in [0.4, 0.5) is 0 Å². The Bertz CT molecular complexity index is 1310. The van der Waals surface area contributed by atoms with Crippen molar-refractivity contribution in [1.29, 1.82) is 0 Å². The second-order valence-electron chi connectivity index (χ2n) is 8.47. The van der Waals surface area contributed by atoms with E-state index in [1.807, 2.05) is 12.1 Å². The molecule has 8 heteroatoms. The molecule has 0 bridgehead atoms. The molecule has 1 fully saturated rings. The fourth-order valence-electron chi connectivity index (χ4n) is 4.93. The van der Waals surface area contributed by atoms with Crippen molar-refractivity contribution in [3.63, 3.8) is 0 Å². The highest BCUT2D eigenvalue weighted by Gasteiger charge is 2.60. The van der Waals surface area contributed by atoms with Crippen LogP contribution in [0.15, 0.2) is 109 Å². The molecule has 1 aliphatic rings. The van der Waals surface area contributed by atoms with Gasteiger partial charge in [-0.15, -0.1) is 6.58 Å². The molecular formula is C28H28N2O5S. The molecule has 0 aliphatic carbocycles. The predicted octanol–water partition coefficient (Wildman–Crippen LogP) is 3.68. The van der Waals surface area contributed by atoms with Crippen molar-refractivity contribution in [3.8, 4) is 0 Å². The highest BCUT2D eigenvalue weighted by Crippen LogP contribution is 2.52. The van der Waals surface area contributed by atoms with E-state index in [9.17, 15) is 18.0 Å². The van der Waals surface area contributed by atoms with Crippen molar-refractivity contribution >= 4 is 21.9 Å². The molecule has 0 spiro atoms. The summed E-state index contributed by atoms with van der Waals surface area (Å²) in [4.78, 5) is 27.1. The number of benzene rings is 3. The number of esters is 1. The number of ether oxygens (including phenoxy) is 1. The standard InChI is InChI=1S/C28H28N2O5S/c1-3-19-29-27(31)26-23(20-13-7-4-8-14-20)24(28(32)35-2)25(21-15-9-5-10-16-21)30(26)36(33,34)22-17-11-6-12-18-22/h3-18,23-26H,1,19H2,2H3,(H,29,31). The van der Waals surface area contributed by atoms with Gasteiger partial charge in [-0.3, -0.25) is 9.59 Å². The van der Waals surface area contributed by atoms with Gasteiger partial charge in [-0.05, 0) is 23.3 Å². The molecule has 7 nitrogen and oxygen atoms in total. The lowest BCUT2D eigenvalue weighted by Crippen LogP contribution is -2.48. The van der Waals surface area contributed by atoms with E-state index in [0.717, 1.165) is 0 Å². The van der Waals surface area contributed by atoms with Gasteiger partial charge in [0.25, 0.3) is 0 Å². The van der Waals surface area contributed by atoms with Crippen LogP contribution in [0.3, 0.4) is 0 Å². The number of hydrogen-bond acceptors (Lipinski definition) is 5. The summed E-state index contributed by atoms with van der Waals surface area (Å²) < 4.78 is 34.8. The Hall–Kier alpha value is -3.75. The average Bonchev–Trinajstić information content (AvgIpc) is 3.30. The number of rotatable bonds is 8. The fourth-order valence-corrected chi connectivity index (χ4v) is 6.75. The monoisotopic (exact) mass is 504 g/mol. The van der Waals surface area contributed by atoms with Crippen LogP contribution in [0.2, 0.25) is 0 Å². The fraction of sp³-hybridized carbons (Fsp3) is 0.214. The third kappa shape index (κ3) is 4.69. The van der Waals surface area contributed by atoms with E-state index in [0.29, 0.717) is 11.1 Å². The first-order chi connectivity index (χ1) is 17.4. The summed E-state index contributed by atoms with van der Waals surface area (Å²) in [6.45, 7) is 3.80. The average molecular weight is 505 g/mol. The van der Waals surface area contributed by atoms with Gasteiger partial charge >= 0.3 is 5.97 Å². The molecular weight excluding hydrogens is 476 g/mol. The first kappa shape index (κ1) is 25.3. The molecule has 0 aromatic heterocycles. The molecule has 4 rings (SSSR count). The van der Waals surface area contributed by atoms with Crippen LogP contribution in [0, 0.1) is 5.92 Å². The molecule has 36 heavy (non-hydrogen) atoms. The molecule has 1 N–H and O–H groups in total. The number of nitrogens with zero attached hydrogens (tertiary/aromatic N) is 1. The van der Waals surface area contributed by atoms with Crippen LogP contribution in [0.25, 0.3) is 0 Å². The molecule has 3 aromatic rings. The molecule has 1 heterocycles. The van der Waals surface area contributed by atoms with E-state index in [2.05, 4.69) is 11.9 Å². The number of sulfonamides is 1. The Morgan fingerprint density at radius 3 is 1.97 bits per heavy atom. The summed E-state index contributed by atoms with van der Waals surface area (Å²) in [5.74, 6) is -2.88. The van der Waals surface area contributed by atoms with Crippen molar-refractivity contribution < 1.29 is 22.7 Å². The highest BCUT2D eigenvalue weighted by molar-refractivity contribution is 7.89. The van der Waals surface area contributed by atoms with Crippen molar-refractivity contribution in [2.75, 3.05) is 13.7 Å². The number of carbonyl (C=O) groups excluding carboxylic acids is 2. The first-order valence-electron chi connectivity index (χ1n) is 11.6. The number of methoxy groups -OCH3 is 1. The van der Waals surface area contributed by atoms with Gasteiger partial charge in [0.15, 0.2) is 0 Å². The maximum absolute atomic E-state index is 14.2. The smallest absolute Gasteiger partial charge is 0.311 e. The van der Waals surface area contributed by atoms with E-state index in [1.165, 1.54) is 29.6 Å². The van der Waals surface area contributed by atoms with Crippen LogP contribution >= 0.6 is 0 Å². The van der Waals surface area contributed by atoms with Crippen molar-refractivity contribution in [2.45, 2.75) is 22.9 Å². The number of amides is 1. The minimum absolute atomic E-state index is 0.0322. The van der Waals surface area contributed by atoms with E-state index >= 15 is 0 Å². The lowest BCUT2D eigenvalue weighted by Gasteiger charge is -2.30. The summed E-state index contributed by atoms with van der Waals surface area (Å²) in [5.41, 5.74) is 1.26. The Morgan fingerprint density at radius 2 is 1.44 bits per heavy atom. The second-order valence-corrected chi connectivity index (χ2v) is 10.3. The zero-order valence-electron chi connectivity index (χ0n) is 19.9. The maximum atomic E-state index is 14.2. The van der Waals surface area contributed by atoms with Gasteiger partial charge < -0.3 is 10.1 Å². The van der Waals surface area contributed by atoms with E-state index in [1.54, 1.807) is 66.7 Å². The van der Waals surface area contributed by atoms with E-state index < -0.39 is 45.8 Å². The molecule has 0 saturated carbocycles. The normalized spacial score (nSPS) is 22.0. The molecule has 4 unspecified atom stereocenters. The zero-order valence-corrected chi connectivity index (χ0v) is 20.7. The van der Waals surface area contributed by atoms with Gasteiger partial charge in [0.05, 0.1) is 24.0 Å². The molecule has 3 aromatic carbocycles. The van der Waals surface area contributed by atoms with Gasteiger partial charge in [0.1, 0.15) is 6.04 Å². The van der Waals surface area contributed by atoms with Gasteiger partial charge in [-0.25, -0.2) is 8.42 Å². The Balaban J connectivity index is 2.02. The molecule has 0 radical (unpaired) electrons. The lowest BCUT2D eigenvalue weighted by atomic mass is 9.80. The van der Waals surface area contributed by atoms with Crippen molar-refractivity contribution in [2.24, 2.45) is 5.92 Å². The Labute approximate surface area is 211 Å². The number of carbonyl (C=O) groups is 2. The van der Waals surface area contributed by atoms with E-state index in [4.69, 9.17) is 4.74 Å². The van der Waals surface area contributed by atoms with E-state index in [-0.39, 0.29) is 11.4 Å². The van der Waals surface area contributed by atoms with Crippen LogP contribution in [-0.4, -0.2) is 44.3 Å². The maximum Gasteiger partial charge on any atom is 0.311 e. The molecule has 1 amide bonds. The van der Waals surface area contributed by atoms with Gasteiger partial charge in [0, 0.05) is 12.5 Å². The molecule has 1 aliphatic heterocycles. The lowest BCUT2D eigenvalue weighted by molar-refractivity contribution is -0.146. The van der Waals surface area contributed by atoms with Crippen LogP contribution in [0.1, 0.15) is 23.1 Å². The van der Waals surface area contributed by atoms with Crippen LogP contribution in [0.5, 0.6) is 0 Å². The Morgan fingerprint density at radius 1 is 0.917 bits per heavy atom. The third-order valence-electron chi connectivity index (χ3n) is 6.42. The molecule has 4 atom stereocenters. The number of hydrogen-bond donors (Lipinski definition) is 1.